The highest BCUT2D eigenvalue weighted by Gasteiger charge is 2.12. The molecule has 0 aliphatic rings. The van der Waals surface area contributed by atoms with E-state index in [1.54, 1.807) is 18.2 Å². The van der Waals surface area contributed by atoms with Gasteiger partial charge < -0.3 is 15.8 Å². The molecule has 1 atom stereocenters. The number of nitrogens with one attached hydrogen (secondary N) is 1. The van der Waals surface area contributed by atoms with Crippen LogP contribution >= 0.6 is 11.6 Å². The molecule has 0 aliphatic carbocycles. The molecule has 1 aromatic carbocycles. The van der Waals surface area contributed by atoms with Crippen molar-refractivity contribution in [3.05, 3.63) is 28.8 Å². The largest absolute Gasteiger partial charge is 0.496 e. The monoisotopic (exact) mass is 242 g/mol. The van der Waals surface area contributed by atoms with Crippen LogP contribution in [0.25, 0.3) is 0 Å². The Morgan fingerprint density at radius 1 is 1.62 bits per heavy atom. The van der Waals surface area contributed by atoms with Crippen LogP contribution in [0.2, 0.25) is 5.02 Å². The van der Waals surface area contributed by atoms with E-state index in [-0.39, 0.29) is 11.9 Å². The van der Waals surface area contributed by atoms with Gasteiger partial charge in [0, 0.05) is 17.6 Å². The standard InChI is InChI=1S/C11H15ClN2O2/c1-7(13)6-14-11(15)9-4-3-8(12)5-10(9)16-2/h3-5,7H,6,13H2,1-2H3,(H,14,15). The molecule has 0 spiro atoms. The fourth-order valence-electron chi connectivity index (χ4n) is 1.20. The molecule has 0 fully saturated rings. The van der Waals surface area contributed by atoms with Crippen LogP contribution in [0.15, 0.2) is 18.2 Å². The summed E-state index contributed by atoms with van der Waals surface area (Å²) < 4.78 is 5.08. The number of hydrogen-bond acceptors (Lipinski definition) is 3. The lowest BCUT2D eigenvalue weighted by molar-refractivity contribution is 0.0948. The Kier molecular flexibility index (Phi) is 4.58. The summed E-state index contributed by atoms with van der Waals surface area (Å²) in [6, 6.07) is 4.78. The SMILES string of the molecule is COc1cc(Cl)ccc1C(=O)NCC(C)N. The second-order valence-electron chi connectivity index (χ2n) is 3.53. The second kappa shape index (κ2) is 5.72. The van der Waals surface area contributed by atoms with Gasteiger partial charge in [-0.3, -0.25) is 4.79 Å². The fraction of sp³-hybridized carbons (Fsp3) is 0.364. The second-order valence-corrected chi connectivity index (χ2v) is 3.97. The van der Waals surface area contributed by atoms with Crippen LogP contribution in [0.3, 0.4) is 0 Å². The van der Waals surface area contributed by atoms with E-state index in [4.69, 9.17) is 22.1 Å². The first-order valence-corrected chi connectivity index (χ1v) is 5.29. The normalized spacial score (nSPS) is 12.0. The Labute approximate surface area is 99.7 Å². The summed E-state index contributed by atoms with van der Waals surface area (Å²) in [6.07, 6.45) is 0. The molecule has 0 bridgehead atoms. The highest BCUT2D eigenvalue weighted by Crippen LogP contribution is 2.22. The summed E-state index contributed by atoms with van der Waals surface area (Å²) in [5.74, 6) is 0.237. The summed E-state index contributed by atoms with van der Waals surface area (Å²) in [5.41, 5.74) is 6.00. The summed E-state index contributed by atoms with van der Waals surface area (Å²) in [4.78, 5) is 11.8. The lowest BCUT2D eigenvalue weighted by Crippen LogP contribution is -2.35. The predicted molar refractivity (Wildman–Crippen MR) is 64.0 cm³/mol. The number of hydrogen-bond donors (Lipinski definition) is 2. The van der Waals surface area contributed by atoms with Crippen LogP contribution in [0.4, 0.5) is 0 Å². The maximum Gasteiger partial charge on any atom is 0.255 e. The Hall–Kier alpha value is -1.26. The fourth-order valence-corrected chi connectivity index (χ4v) is 1.36. The minimum absolute atomic E-state index is 0.0813. The number of ether oxygens (including phenoxy) is 1. The first-order chi connectivity index (χ1) is 7.54. The number of carbonyl (C=O) groups excluding carboxylic acids is 1. The average Bonchev–Trinajstić information content (AvgIpc) is 2.25. The van der Waals surface area contributed by atoms with E-state index in [0.717, 1.165) is 0 Å². The van der Waals surface area contributed by atoms with Gasteiger partial charge in [-0.15, -0.1) is 0 Å². The minimum atomic E-state index is -0.217. The lowest BCUT2D eigenvalue weighted by atomic mass is 10.2. The molecule has 5 heteroatoms. The molecule has 0 aromatic heterocycles. The van der Waals surface area contributed by atoms with Gasteiger partial charge in [-0.1, -0.05) is 11.6 Å². The van der Waals surface area contributed by atoms with Gasteiger partial charge in [0.15, 0.2) is 0 Å². The van der Waals surface area contributed by atoms with Crippen LogP contribution in [0, 0.1) is 0 Å². The number of rotatable bonds is 4. The topological polar surface area (TPSA) is 64.3 Å². The van der Waals surface area contributed by atoms with Gasteiger partial charge in [0.1, 0.15) is 5.75 Å². The van der Waals surface area contributed by atoms with Gasteiger partial charge in [0.2, 0.25) is 0 Å². The van der Waals surface area contributed by atoms with Crippen LogP contribution < -0.4 is 15.8 Å². The van der Waals surface area contributed by atoms with Gasteiger partial charge in [-0.25, -0.2) is 0 Å². The van der Waals surface area contributed by atoms with E-state index in [1.807, 2.05) is 6.92 Å². The summed E-state index contributed by atoms with van der Waals surface area (Å²) in [7, 11) is 1.49. The molecule has 3 N–H and O–H groups in total. The van der Waals surface area contributed by atoms with Crippen molar-refractivity contribution >= 4 is 17.5 Å². The molecule has 0 saturated carbocycles. The third-order valence-corrected chi connectivity index (χ3v) is 2.23. The van der Waals surface area contributed by atoms with E-state index in [2.05, 4.69) is 5.32 Å². The molecule has 1 rings (SSSR count). The molecule has 4 nitrogen and oxygen atoms in total. The number of carbonyl (C=O) groups is 1. The molecule has 1 unspecified atom stereocenters. The maximum absolute atomic E-state index is 11.8. The van der Waals surface area contributed by atoms with Gasteiger partial charge in [0.25, 0.3) is 5.91 Å². The molecule has 16 heavy (non-hydrogen) atoms. The molecule has 0 aliphatic heterocycles. The molecular formula is C11H15ClN2O2. The van der Waals surface area contributed by atoms with Gasteiger partial charge >= 0.3 is 0 Å². The van der Waals surface area contributed by atoms with Gasteiger partial charge in [-0.05, 0) is 25.1 Å². The molecule has 0 radical (unpaired) electrons. The Morgan fingerprint density at radius 3 is 2.88 bits per heavy atom. The van der Waals surface area contributed by atoms with Crippen molar-refractivity contribution in [2.45, 2.75) is 13.0 Å². The zero-order valence-electron chi connectivity index (χ0n) is 9.29. The first kappa shape index (κ1) is 12.8. The molecule has 1 aromatic rings. The van der Waals surface area contributed by atoms with Crippen LogP contribution in [0.5, 0.6) is 5.75 Å². The van der Waals surface area contributed by atoms with E-state index in [0.29, 0.717) is 22.9 Å². The zero-order chi connectivity index (χ0) is 12.1. The Bertz CT molecular complexity index is 380. The van der Waals surface area contributed by atoms with Crippen molar-refractivity contribution in [2.24, 2.45) is 5.73 Å². The summed E-state index contributed by atoms with van der Waals surface area (Å²) in [6.45, 7) is 2.24. The third kappa shape index (κ3) is 3.40. The molecule has 1 amide bonds. The average molecular weight is 243 g/mol. The number of nitrogens with two attached hydrogens (primary N) is 1. The van der Waals surface area contributed by atoms with Crippen molar-refractivity contribution < 1.29 is 9.53 Å². The van der Waals surface area contributed by atoms with Gasteiger partial charge in [0.05, 0.1) is 12.7 Å². The number of halogens is 1. The Morgan fingerprint density at radius 2 is 2.31 bits per heavy atom. The van der Waals surface area contributed by atoms with Crippen molar-refractivity contribution in [2.75, 3.05) is 13.7 Å². The van der Waals surface area contributed by atoms with E-state index in [1.165, 1.54) is 7.11 Å². The first-order valence-electron chi connectivity index (χ1n) is 4.92. The van der Waals surface area contributed by atoms with Crippen molar-refractivity contribution in [1.29, 1.82) is 0 Å². The third-order valence-electron chi connectivity index (χ3n) is 1.99. The maximum atomic E-state index is 11.8. The molecule has 0 heterocycles. The summed E-state index contributed by atoms with van der Waals surface area (Å²) >= 11 is 5.80. The van der Waals surface area contributed by atoms with Crippen LogP contribution in [-0.4, -0.2) is 25.6 Å². The molecule has 0 saturated heterocycles. The molecular weight excluding hydrogens is 228 g/mol. The summed E-state index contributed by atoms with van der Waals surface area (Å²) in [5, 5.41) is 3.23. The highest BCUT2D eigenvalue weighted by atomic mass is 35.5. The molecule has 88 valence electrons. The predicted octanol–water partition coefficient (Wildman–Crippen LogP) is 1.43. The van der Waals surface area contributed by atoms with Crippen LogP contribution in [0.1, 0.15) is 17.3 Å². The number of amides is 1. The lowest BCUT2D eigenvalue weighted by Gasteiger charge is -2.10. The van der Waals surface area contributed by atoms with Gasteiger partial charge in [-0.2, -0.15) is 0 Å². The van der Waals surface area contributed by atoms with E-state index < -0.39 is 0 Å². The van der Waals surface area contributed by atoms with E-state index in [9.17, 15) is 4.79 Å². The van der Waals surface area contributed by atoms with Crippen LogP contribution in [-0.2, 0) is 0 Å². The highest BCUT2D eigenvalue weighted by molar-refractivity contribution is 6.30. The number of methoxy groups -OCH3 is 1. The van der Waals surface area contributed by atoms with Crippen molar-refractivity contribution in [1.82, 2.24) is 5.32 Å². The Balaban J connectivity index is 2.82. The quantitative estimate of drug-likeness (QED) is 0.840. The van der Waals surface area contributed by atoms with Crippen molar-refractivity contribution in [3.63, 3.8) is 0 Å². The van der Waals surface area contributed by atoms with E-state index >= 15 is 0 Å². The van der Waals surface area contributed by atoms with Crippen molar-refractivity contribution in [3.8, 4) is 5.75 Å². The zero-order valence-corrected chi connectivity index (χ0v) is 10.0. The number of benzene rings is 1. The smallest absolute Gasteiger partial charge is 0.255 e. The minimum Gasteiger partial charge on any atom is -0.496 e.